The molecule has 1 aliphatic rings. The van der Waals surface area contributed by atoms with E-state index in [1.807, 2.05) is 47.1 Å². The van der Waals surface area contributed by atoms with Crippen LogP contribution in [-0.4, -0.2) is 24.3 Å². The Bertz CT molecular complexity index is 958. The van der Waals surface area contributed by atoms with Crippen LogP contribution in [0.25, 0.3) is 0 Å². The molecule has 2 amide bonds. The third-order valence-electron chi connectivity index (χ3n) is 4.65. The van der Waals surface area contributed by atoms with E-state index in [0.717, 1.165) is 17.2 Å². The van der Waals surface area contributed by atoms with Crippen LogP contribution >= 0.6 is 34.5 Å². The van der Waals surface area contributed by atoms with Crippen LogP contribution in [0, 0.1) is 17.1 Å². The first-order valence-corrected chi connectivity index (χ1v) is 10.2. The molecule has 0 saturated heterocycles. The van der Waals surface area contributed by atoms with E-state index < -0.39 is 17.6 Å². The maximum Gasteiger partial charge on any atom is 0.313 e. The lowest BCUT2D eigenvalue weighted by atomic mass is 10.0. The van der Waals surface area contributed by atoms with Crippen molar-refractivity contribution in [1.82, 2.24) is 14.2 Å². The van der Waals surface area contributed by atoms with Crippen LogP contribution < -0.4 is 19.5 Å². The second kappa shape index (κ2) is 9.40. The third kappa shape index (κ3) is 5.15. The number of halogens is 3. The molecule has 29 heavy (non-hydrogen) atoms. The summed E-state index contributed by atoms with van der Waals surface area (Å²) in [6.07, 6.45) is 0.701. The van der Waals surface area contributed by atoms with Crippen LogP contribution in [0.1, 0.15) is 17.2 Å². The molecule has 0 saturated carbocycles. The Morgan fingerprint density at radius 1 is 1.21 bits per heavy atom. The van der Waals surface area contributed by atoms with E-state index in [-0.39, 0.29) is 28.6 Å². The lowest BCUT2D eigenvalue weighted by Crippen LogP contribution is -2.42. The van der Waals surface area contributed by atoms with Crippen LogP contribution in [0.5, 0.6) is 0 Å². The molecule has 0 radical (unpaired) electrons. The van der Waals surface area contributed by atoms with Gasteiger partial charge in [-0.2, -0.15) is 0 Å². The first-order chi connectivity index (χ1) is 13.9. The molecular weight excluding hydrogens is 512 g/mol. The van der Waals surface area contributed by atoms with E-state index in [4.69, 9.17) is 17.0 Å². The van der Waals surface area contributed by atoms with Gasteiger partial charge in [-0.05, 0) is 35.7 Å². The van der Waals surface area contributed by atoms with Crippen molar-refractivity contribution in [3.8, 4) is 0 Å². The van der Waals surface area contributed by atoms with Gasteiger partial charge in [0.15, 0.2) is 5.96 Å². The Labute approximate surface area is 185 Å². The zero-order valence-corrected chi connectivity index (χ0v) is 18.0. The largest absolute Gasteiger partial charge is 0.356 e. The summed E-state index contributed by atoms with van der Waals surface area (Å²) in [7, 11) is 0. The fraction of sp³-hybridized carbons (Fsp3) is 0.211. The monoisotopic (exact) mass is 529 g/mol. The SMILES string of the molecule is N=C(NI)NC[C@H]1Cc2ccccc2[C@@H]1NC(=O)C(=O)Nc1ccc(Cl)c(F)c1. The summed E-state index contributed by atoms with van der Waals surface area (Å²) in [5.74, 6) is -2.29. The molecule has 2 aromatic carbocycles. The van der Waals surface area contributed by atoms with Crippen LogP contribution in [0.15, 0.2) is 42.5 Å². The number of carbonyl (C=O) groups excluding carboxylic acids is 2. The number of anilines is 1. The highest BCUT2D eigenvalue weighted by molar-refractivity contribution is 14.1. The van der Waals surface area contributed by atoms with Gasteiger partial charge < -0.3 is 16.0 Å². The molecule has 0 spiro atoms. The van der Waals surface area contributed by atoms with Gasteiger partial charge >= 0.3 is 11.8 Å². The smallest absolute Gasteiger partial charge is 0.313 e. The molecule has 10 heteroatoms. The zero-order chi connectivity index (χ0) is 21.0. The maximum atomic E-state index is 13.5. The van der Waals surface area contributed by atoms with Crippen molar-refractivity contribution in [2.75, 3.05) is 11.9 Å². The zero-order valence-electron chi connectivity index (χ0n) is 15.1. The number of benzene rings is 2. The Hall–Kier alpha value is -2.40. The summed E-state index contributed by atoms with van der Waals surface area (Å²) >= 11 is 7.48. The van der Waals surface area contributed by atoms with Crippen LogP contribution in [0.4, 0.5) is 10.1 Å². The fourth-order valence-electron chi connectivity index (χ4n) is 3.30. The quantitative estimate of drug-likeness (QED) is 0.138. The molecule has 0 bridgehead atoms. The highest BCUT2D eigenvalue weighted by Crippen LogP contribution is 2.35. The van der Waals surface area contributed by atoms with Crippen molar-refractivity contribution in [3.63, 3.8) is 0 Å². The van der Waals surface area contributed by atoms with E-state index in [1.54, 1.807) is 0 Å². The van der Waals surface area contributed by atoms with Gasteiger partial charge in [0.05, 0.1) is 33.9 Å². The van der Waals surface area contributed by atoms with Crippen molar-refractivity contribution >= 4 is 57.9 Å². The summed E-state index contributed by atoms with van der Waals surface area (Å²) in [4.78, 5) is 24.8. The number of carbonyl (C=O) groups is 2. The standard InChI is InChI=1S/C19H18ClFIN5O2/c20-14-6-5-12(8-15(14)21)25-17(28)18(29)26-16-11(9-24-19(23)27-22)7-10-3-1-2-4-13(10)16/h1-6,8,11,16H,7,9H2,(H,25,28)(H,26,29)(H3,23,24,27)/t11-,16-/m1/s1. The molecule has 152 valence electrons. The minimum atomic E-state index is -0.899. The predicted octanol–water partition coefficient (Wildman–Crippen LogP) is 2.91. The molecular formula is C19H18ClFIN5O2. The fourth-order valence-corrected chi connectivity index (χ4v) is 3.61. The van der Waals surface area contributed by atoms with Gasteiger partial charge in [0.1, 0.15) is 5.82 Å². The number of amides is 2. The second-order valence-electron chi connectivity index (χ2n) is 6.55. The molecule has 3 rings (SSSR count). The lowest BCUT2D eigenvalue weighted by Gasteiger charge is -2.22. The third-order valence-corrected chi connectivity index (χ3v) is 5.50. The Morgan fingerprint density at radius 3 is 2.69 bits per heavy atom. The highest BCUT2D eigenvalue weighted by atomic mass is 127. The van der Waals surface area contributed by atoms with Crippen molar-refractivity contribution in [3.05, 3.63) is 64.4 Å². The van der Waals surface area contributed by atoms with E-state index in [2.05, 4.69) is 19.5 Å². The molecule has 1 aliphatic carbocycles. The molecule has 7 nitrogen and oxygen atoms in total. The molecule has 0 fully saturated rings. The number of nitrogens with one attached hydrogen (secondary N) is 5. The summed E-state index contributed by atoms with van der Waals surface area (Å²) in [6, 6.07) is 11.1. The molecule has 5 N–H and O–H groups in total. The highest BCUT2D eigenvalue weighted by Gasteiger charge is 2.34. The second-order valence-corrected chi connectivity index (χ2v) is 7.49. The minimum Gasteiger partial charge on any atom is -0.356 e. The van der Waals surface area contributed by atoms with Crippen molar-refractivity contribution in [2.45, 2.75) is 12.5 Å². The van der Waals surface area contributed by atoms with Gasteiger partial charge in [-0.25, -0.2) is 4.39 Å². The van der Waals surface area contributed by atoms with Gasteiger partial charge in [-0.3, -0.25) is 18.5 Å². The Kier molecular flexibility index (Phi) is 6.91. The van der Waals surface area contributed by atoms with Gasteiger partial charge in [0, 0.05) is 18.2 Å². The first kappa shape index (κ1) is 21.3. The van der Waals surface area contributed by atoms with E-state index >= 15 is 0 Å². The number of hydrogen-bond donors (Lipinski definition) is 5. The van der Waals surface area contributed by atoms with Crippen molar-refractivity contribution < 1.29 is 14.0 Å². The average Bonchev–Trinajstić information content (AvgIpc) is 3.06. The number of fused-ring (bicyclic) bond motifs is 1. The van der Waals surface area contributed by atoms with Gasteiger partial charge in [-0.1, -0.05) is 35.9 Å². The van der Waals surface area contributed by atoms with Gasteiger partial charge in [-0.15, -0.1) is 0 Å². The molecule has 2 aromatic rings. The predicted molar refractivity (Wildman–Crippen MR) is 117 cm³/mol. The maximum absolute atomic E-state index is 13.5. The van der Waals surface area contributed by atoms with Crippen LogP contribution in [0.3, 0.4) is 0 Å². The normalized spacial score (nSPS) is 17.2. The van der Waals surface area contributed by atoms with Gasteiger partial charge in [0.2, 0.25) is 0 Å². The van der Waals surface area contributed by atoms with E-state index in [1.165, 1.54) is 12.1 Å². The van der Waals surface area contributed by atoms with Gasteiger partial charge in [0.25, 0.3) is 0 Å². The van der Waals surface area contributed by atoms with Crippen LogP contribution in [-0.2, 0) is 16.0 Å². The number of rotatable bonds is 4. The Morgan fingerprint density at radius 2 is 1.97 bits per heavy atom. The van der Waals surface area contributed by atoms with E-state index in [0.29, 0.717) is 13.0 Å². The lowest BCUT2D eigenvalue weighted by molar-refractivity contribution is -0.136. The topological polar surface area (TPSA) is 106 Å². The van der Waals surface area contributed by atoms with Crippen LogP contribution in [0.2, 0.25) is 5.02 Å². The molecule has 0 heterocycles. The molecule has 0 aromatic heterocycles. The summed E-state index contributed by atoms with van der Waals surface area (Å²) < 4.78 is 16.2. The molecule has 2 atom stereocenters. The summed E-state index contributed by atoms with van der Waals surface area (Å²) in [5, 5.41) is 15.7. The minimum absolute atomic E-state index is 0.0396. The molecule has 0 aliphatic heterocycles. The number of hydrogen-bond acceptors (Lipinski definition) is 3. The number of guanidine groups is 1. The van der Waals surface area contributed by atoms with Crippen molar-refractivity contribution in [2.24, 2.45) is 5.92 Å². The average molecular weight is 530 g/mol. The first-order valence-electron chi connectivity index (χ1n) is 8.72. The Balaban J connectivity index is 1.70. The summed E-state index contributed by atoms with van der Waals surface area (Å²) in [5.41, 5.74) is 2.16. The summed E-state index contributed by atoms with van der Waals surface area (Å²) in [6.45, 7) is 0.443. The van der Waals surface area contributed by atoms with Crippen molar-refractivity contribution in [1.29, 1.82) is 5.41 Å². The molecule has 0 unspecified atom stereocenters. The van der Waals surface area contributed by atoms with E-state index in [9.17, 15) is 14.0 Å².